The average molecular weight is 231 g/mol. The van der Waals surface area contributed by atoms with Gasteiger partial charge in [-0.15, -0.1) is 0 Å². The summed E-state index contributed by atoms with van der Waals surface area (Å²) < 4.78 is 0. The number of carbonyl (C=O) groups excluding carboxylic acids is 1. The van der Waals surface area contributed by atoms with E-state index in [0.29, 0.717) is 5.92 Å². The Morgan fingerprint density at radius 1 is 1.47 bits per heavy atom. The van der Waals surface area contributed by atoms with Crippen molar-refractivity contribution in [2.75, 3.05) is 0 Å². The second-order valence-electron chi connectivity index (χ2n) is 5.01. The van der Waals surface area contributed by atoms with Gasteiger partial charge < -0.3 is 5.73 Å². The molecule has 2 nitrogen and oxygen atoms in total. The van der Waals surface area contributed by atoms with Gasteiger partial charge in [-0.25, -0.2) is 0 Å². The molecule has 0 aromatic heterocycles. The maximum Gasteiger partial charge on any atom is 0.179 e. The minimum atomic E-state index is -0.336. The Bertz CT molecular complexity index is 396. The second kappa shape index (κ2) is 5.46. The van der Waals surface area contributed by atoms with E-state index in [-0.39, 0.29) is 11.8 Å². The van der Waals surface area contributed by atoms with Crippen LogP contribution >= 0.6 is 0 Å². The zero-order chi connectivity index (χ0) is 12.3. The minimum absolute atomic E-state index is 0.0908. The molecule has 0 amide bonds. The van der Waals surface area contributed by atoms with Gasteiger partial charge in [0.15, 0.2) is 5.78 Å². The molecule has 1 atom stereocenters. The monoisotopic (exact) mass is 231 g/mol. The van der Waals surface area contributed by atoms with Gasteiger partial charge in [-0.05, 0) is 36.8 Å². The molecule has 1 aromatic carbocycles. The Morgan fingerprint density at radius 2 is 2.24 bits per heavy atom. The van der Waals surface area contributed by atoms with E-state index in [2.05, 4.69) is 13.0 Å². The summed E-state index contributed by atoms with van der Waals surface area (Å²) >= 11 is 0. The summed E-state index contributed by atoms with van der Waals surface area (Å²) in [6.45, 7) is 2.05. The van der Waals surface area contributed by atoms with Crippen molar-refractivity contribution in [3.63, 3.8) is 0 Å². The van der Waals surface area contributed by atoms with Gasteiger partial charge in [0.2, 0.25) is 0 Å². The average Bonchev–Trinajstić information content (AvgIpc) is 2.26. The van der Waals surface area contributed by atoms with Crippen LogP contribution in [0.25, 0.3) is 0 Å². The lowest BCUT2D eigenvalue weighted by atomic mass is 9.79. The molecule has 92 valence electrons. The van der Waals surface area contributed by atoms with Crippen LogP contribution in [-0.4, -0.2) is 11.8 Å². The third kappa shape index (κ3) is 2.75. The van der Waals surface area contributed by atoms with Gasteiger partial charge in [-0.3, -0.25) is 4.79 Å². The predicted molar refractivity (Wildman–Crippen MR) is 70.2 cm³/mol. The fourth-order valence-electron chi connectivity index (χ4n) is 2.34. The molecule has 0 heterocycles. The molecular formula is C15H21NO. The van der Waals surface area contributed by atoms with E-state index in [4.69, 9.17) is 5.73 Å². The van der Waals surface area contributed by atoms with Gasteiger partial charge in [0, 0.05) is 5.56 Å². The Morgan fingerprint density at radius 3 is 2.82 bits per heavy atom. The highest BCUT2D eigenvalue weighted by molar-refractivity contribution is 6.00. The van der Waals surface area contributed by atoms with Gasteiger partial charge in [-0.2, -0.15) is 0 Å². The quantitative estimate of drug-likeness (QED) is 0.790. The second-order valence-corrected chi connectivity index (χ2v) is 5.01. The molecule has 17 heavy (non-hydrogen) atoms. The molecule has 0 saturated heterocycles. The number of rotatable bonds is 5. The first kappa shape index (κ1) is 12.3. The zero-order valence-corrected chi connectivity index (χ0v) is 10.5. The molecule has 1 aliphatic carbocycles. The van der Waals surface area contributed by atoms with E-state index in [0.717, 1.165) is 18.4 Å². The van der Waals surface area contributed by atoms with Crippen LogP contribution in [-0.2, 0) is 0 Å². The van der Waals surface area contributed by atoms with E-state index in [1.165, 1.54) is 24.8 Å². The molecular weight excluding hydrogens is 210 g/mol. The molecule has 1 unspecified atom stereocenters. The third-order valence-corrected chi connectivity index (χ3v) is 3.68. The van der Waals surface area contributed by atoms with Crippen LogP contribution in [0.5, 0.6) is 0 Å². The number of nitrogens with two attached hydrogens (primary N) is 1. The largest absolute Gasteiger partial charge is 0.321 e. The molecule has 1 aliphatic rings. The van der Waals surface area contributed by atoms with E-state index in [1.54, 1.807) is 0 Å². The fourth-order valence-corrected chi connectivity index (χ4v) is 2.34. The van der Waals surface area contributed by atoms with Crippen molar-refractivity contribution >= 4 is 5.78 Å². The maximum atomic E-state index is 12.1. The highest BCUT2D eigenvalue weighted by atomic mass is 16.1. The van der Waals surface area contributed by atoms with Gasteiger partial charge in [0.25, 0.3) is 0 Å². The summed E-state index contributed by atoms with van der Waals surface area (Å²) in [5, 5.41) is 0. The first-order valence-electron chi connectivity index (χ1n) is 6.62. The number of hydrogen-bond acceptors (Lipinski definition) is 2. The lowest BCUT2D eigenvalue weighted by Crippen LogP contribution is -2.30. The van der Waals surface area contributed by atoms with E-state index >= 15 is 0 Å². The number of benzene rings is 1. The fraction of sp³-hybridized carbons (Fsp3) is 0.533. The van der Waals surface area contributed by atoms with Crippen LogP contribution in [0.15, 0.2) is 24.3 Å². The predicted octanol–water partition coefficient (Wildman–Crippen LogP) is 3.26. The molecule has 0 radical (unpaired) electrons. The van der Waals surface area contributed by atoms with Gasteiger partial charge >= 0.3 is 0 Å². The molecule has 0 bridgehead atoms. The number of carbonyl (C=O) groups is 1. The highest BCUT2D eigenvalue weighted by Gasteiger charge is 2.21. The first-order chi connectivity index (χ1) is 8.22. The third-order valence-electron chi connectivity index (χ3n) is 3.68. The molecule has 1 aromatic rings. The topological polar surface area (TPSA) is 43.1 Å². The Kier molecular flexibility index (Phi) is 3.95. The summed E-state index contributed by atoms with van der Waals surface area (Å²) in [6, 6.07) is 7.71. The lowest BCUT2D eigenvalue weighted by Gasteiger charge is -2.26. The summed E-state index contributed by atoms with van der Waals surface area (Å²) in [5.41, 5.74) is 7.98. The van der Waals surface area contributed by atoms with E-state index in [1.807, 2.05) is 18.2 Å². The standard InChI is InChI=1S/C15H21NO/c1-2-5-14(16)15(17)13-9-4-8-12(10-13)11-6-3-7-11/h4,8-11,14H,2-3,5-7,16H2,1H3. The molecule has 2 rings (SSSR count). The minimum Gasteiger partial charge on any atom is -0.321 e. The Labute approximate surface area is 103 Å². The number of hydrogen-bond donors (Lipinski definition) is 1. The Balaban J connectivity index is 2.12. The lowest BCUT2D eigenvalue weighted by molar-refractivity contribution is 0.0956. The van der Waals surface area contributed by atoms with E-state index < -0.39 is 0 Å². The molecule has 2 N–H and O–H groups in total. The summed E-state index contributed by atoms with van der Waals surface area (Å²) in [4.78, 5) is 12.1. The van der Waals surface area contributed by atoms with Gasteiger partial charge in [0.1, 0.15) is 0 Å². The van der Waals surface area contributed by atoms with Crippen molar-refractivity contribution in [1.82, 2.24) is 0 Å². The van der Waals surface area contributed by atoms with Crippen LogP contribution in [0.3, 0.4) is 0 Å². The van der Waals surface area contributed by atoms with Crippen molar-refractivity contribution in [3.05, 3.63) is 35.4 Å². The van der Waals surface area contributed by atoms with Crippen LogP contribution < -0.4 is 5.73 Å². The van der Waals surface area contributed by atoms with Crippen molar-refractivity contribution in [2.45, 2.75) is 51.0 Å². The van der Waals surface area contributed by atoms with Gasteiger partial charge in [-0.1, -0.05) is 38.0 Å². The highest BCUT2D eigenvalue weighted by Crippen LogP contribution is 2.36. The summed E-state index contributed by atoms with van der Waals surface area (Å²) in [5.74, 6) is 0.762. The normalized spacial score (nSPS) is 17.5. The molecule has 1 saturated carbocycles. The molecule has 2 heteroatoms. The first-order valence-corrected chi connectivity index (χ1v) is 6.62. The van der Waals surface area contributed by atoms with Crippen molar-refractivity contribution in [1.29, 1.82) is 0 Å². The van der Waals surface area contributed by atoms with Crippen LogP contribution in [0.2, 0.25) is 0 Å². The van der Waals surface area contributed by atoms with E-state index in [9.17, 15) is 4.79 Å². The molecule has 0 aliphatic heterocycles. The van der Waals surface area contributed by atoms with Crippen LogP contribution in [0, 0.1) is 0 Å². The molecule has 1 fully saturated rings. The maximum absolute atomic E-state index is 12.1. The SMILES string of the molecule is CCCC(N)C(=O)c1cccc(C2CCC2)c1. The van der Waals surface area contributed by atoms with Crippen molar-refractivity contribution < 1.29 is 4.79 Å². The van der Waals surface area contributed by atoms with Gasteiger partial charge in [0.05, 0.1) is 6.04 Å². The van der Waals surface area contributed by atoms with Crippen LogP contribution in [0.1, 0.15) is 60.9 Å². The Hall–Kier alpha value is -1.15. The number of ketones is 1. The molecule has 0 spiro atoms. The van der Waals surface area contributed by atoms with Crippen molar-refractivity contribution in [2.24, 2.45) is 5.73 Å². The van der Waals surface area contributed by atoms with Crippen molar-refractivity contribution in [3.8, 4) is 0 Å². The summed E-state index contributed by atoms with van der Waals surface area (Å²) in [6.07, 6.45) is 5.57. The smallest absolute Gasteiger partial charge is 0.179 e. The zero-order valence-electron chi connectivity index (χ0n) is 10.5. The summed E-state index contributed by atoms with van der Waals surface area (Å²) in [7, 11) is 0. The number of Topliss-reactive ketones (excluding diaryl/α,β-unsaturated/α-hetero) is 1. The van der Waals surface area contributed by atoms with Crippen LogP contribution in [0.4, 0.5) is 0 Å².